The molecule has 24 heavy (non-hydrogen) atoms. The quantitative estimate of drug-likeness (QED) is 0.732. The predicted molar refractivity (Wildman–Crippen MR) is 96.9 cm³/mol. The minimum Gasteiger partial charge on any atom is -0.496 e. The fraction of sp³-hybridized carbons (Fsp3) is 0.118. The van der Waals surface area contributed by atoms with E-state index in [0.29, 0.717) is 14.9 Å². The molecule has 2 aromatic rings. The third-order valence-corrected chi connectivity index (χ3v) is 4.76. The van der Waals surface area contributed by atoms with Crippen molar-refractivity contribution >= 4 is 38.9 Å². The number of thiazole rings is 1. The topological polar surface area (TPSA) is 78.8 Å². The Balaban J connectivity index is 2.86. The van der Waals surface area contributed by atoms with Crippen LogP contribution in [0.15, 0.2) is 40.1 Å². The molecular weight excluding hydrogens is 390 g/mol. The second kappa shape index (κ2) is 7.78. The molecule has 5 nitrogen and oxygen atoms in total. The Morgan fingerprint density at radius 3 is 2.75 bits per heavy atom. The van der Waals surface area contributed by atoms with Crippen molar-refractivity contribution < 1.29 is 4.74 Å². The minimum absolute atomic E-state index is 0.0974. The Kier molecular flexibility index (Phi) is 5.75. The smallest absolute Gasteiger partial charge is 0.269 e. The first-order valence-electron chi connectivity index (χ1n) is 6.76. The molecule has 1 aromatic heterocycles. The number of halogens is 1. The molecule has 0 atom stereocenters. The summed E-state index contributed by atoms with van der Waals surface area (Å²) < 4.78 is 8.25. The van der Waals surface area contributed by atoms with Crippen molar-refractivity contribution in [1.29, 1.82) is 10.5 Å². The van der Waals surface area contributed by atoms with E-state index in [-0.39, 0.29) is 17.7 Å². The lowest BCUT2D eigenvalue weighted by molar-refractivity contribution is 0.413. The molecule has 1 aromatic carbocycles. The van der Waals surface area contributed by atoms with Crippen molar-refractivity contribution in [1.82, 2.24) is 4.57 Å². The number of hydrogen-bond donors (Lipinski definition) is 0. The Bertz CT molecular complexity index is 1040. The minimum atomic E-state index is -0.278. The summed E-state index contributed by atoms with van der Waals surface area (Å²) in [5.74, 6) is 0.618. The number of benzene rings is 1. The van der Waals surface area contributed by atoms with E-state index < -0.39 is 0 Å². The summed E-state index contributed by atoms with van der Waals surface area (Å²) in [4.78, 5) is 12.6. The zero-order valence-corrected chi connectivity index (χ0v) is 15.1. The number of methoxy groups -OCH3 is 1. The molecule has 0 saturated carbocycles. The van der Waals surface area contributed by atoms with Crippen molar-refractivity contribution in [2.45, 2.75) is 6.54 Å². The average molecular weight is 402 g/mol. The number of nitriles is 2. The van der Waals surface area contributed by atoms with Crippen LogP contribution < -0.4 is 19.5 Å². The number of rotatable bonds is 4. The van der Waals surface area contributed by atoms with Crippen LogP contribution in [-0.2, 0) is 6.54 Å². The van der Waals surface area contributed by atoms with E-state index in [2.05, 4.69) is 22.5 Å². The van der Waals surface area contributed by atoms with Crippen LogP contribution in [0.1, 0.15) is 5.56 Å². The molecule has 120 valence electrons. The monoisotopic (exact) mass is 401 g/mol. The van der Waals surface area contributed by atoms with E-state index in [1.807, 2.05) is 24.3 Å². The lowest BCUT2D eigenvalue weighted by Gasteiger charge is -2.04. The lowest BCUT2D eigenvalue weighted by Crippen LogP contribution is -2.31. The Labute approximate surface area is 150 Å². The van der Waals surface area contributed by atoms with Gasteiger partial charge in [0.15, 0.2) is 5.57 Å². The van der Waals surface area contributed by atoms with Crippen LogP contribution in [0.2, 0.25) is 0 Å². The Morgan fingerprint density at radius 1 is 1.46 bits per heavy atom. The van der Waals surface area contributed by atoms with Gasteiger partial charge in [-0.15, -0.1) is 17.9 Å². The molecule has 0 aliphatic heterocycles. The van der Waals surface area contributed by atoms with Crippen molar-refractivity contribution in [3.63, 3.8) is 0 Å². The number of ether oxygens (including phenoxy) is 1. The van der Waals surface area contributed by atoms with Crippen LogP contribution in [0, 0.1) is 22.7 Å². The molecule has 0 saturated heterocycles. The van der Waals surface area contributed by atoms with Gasteiger partial charge in [-0.25, -0.2) is 0 Å². The van der Waals surface area contributed by atoms with E-state index in [4.69, 9.17) is 15.3 Å². The summed E-state index contributed by atoms with van der Waals surface area (Å²) in [6.07, 6.45) is 3.24. The van der Waals surface area contributed by atoms with Gasteiger partial charge in [-0.2, -0.15) is 10.5 Å². The number of aromatic nitrogens is 1. The maximum atomic E-state index is 12.6. The second-order valence-electron chi connectivity index (χ2n) is 4.61. The second-order valence-corrected chi connectivity index (χ2v) is 6.55. The molecule has 0 amide bonds. The summed E-state index contributed by atoms with van der Waals surface area (Å²) in [7, 11) is 1.55. The van der Waals surface area contributed by atoms with E-state index >= 15 is 0 Å². The molecule has 0 unspecified atom stereocenters. The summed E-state index contributed by atoms with van der Waals surface area (Å²) in [5, 5.41) is 18.2. The number of hydrogen-bond acceptors (Lipinski definition) is 5. The predicted octanol–water partition coefficient (Wildman–Crippen LogP) is 1.89. The SMILES string of the molecule is C=CCn1c(=C(C#N)C#N)sc(=Cc2cc(Br)ccc2OC)c1=O. The fourth-order valence-corrected chi connectivity index (χ4v) is 3.51. The maximum Gasteiger partial charge on any atom is 0.269 e. The molecule has 2 rings (SSSR count). The largest absolute Gasteiger partial charge is 0.496 e. The molecule has 0 aliphatic carbocycles. The van der Waals surface area contributed by atoms with E-state index in [1.165, 1.54) is 4.57 Å². The van der Waals surface area contributed by atoms with Crippen LogP contribution in [0.3, 0.4) is 0 Å². The highest BCUT2D eigenvalue weighted by atomic mass is 79.9. The molecule has 0 N–H and O–H groups in total. The highest BCUT2D eigenvalue weighted by Crippen LogP contribution is 2.23. The van der Waals surface area contributed by atoms with Crippen LogP contribution in [0.5, 0.6) is 5.75 Å². The van der Waals surface area contributed by atoms with Gasteiger partial charge in [0.1, 0.15) is 22.6 Å². The highest BCUT2D eigenvalue weighted by molar-refractivity contribution is 9.10. The van der Waals surface area contributed by atoms with Gasteiger partial charge in [-0.05, 0) is 24.3 Å². The number of nitrogens with zero attached hydrogens (tertiary/aromatic N) is 3. The molecule has 0 spiro atoms. The van der Waals surface area contributed by atoms with Crippen molar-refractivity contribution in [3.05, 3.63) is 60.4 Å². The number of allylic oxidation sites excluding steroid dienone is 1. The van der Waals surface area contributed by atoms with Crippen LogP contribution >= 0.6 is 27.3 Å². The zero-order valence-electron chi connectivity index (χ0n) is 12.7. The zero-order chi connectivity index (χ0) is 17.7. The molecule has 1 heterocycles. The lowest BCUT2D eigenvalue weighted by atomic mass is 10.2. The van der Waals surface area contributed by atoms with E-state index in [1.54, 1.807) is 25.3 Å². The summed E-state index contributed by atoms with van der Waals surface area (Å²) >= 11 is 4.49. The van der Waals surface area contributed by atoms with Gasteiger partial charge in [0.25, 0.3) is 5.56 Å². The van der Waals surface area contributed by atoms with Crippen molar-refractivity contribution in [2.75, 3.05) is 7.11 Å². The molecule has 0 bridgehead atoms. The molecule has 0 radical (unpaired) electrons. The standard InChI is InChI=1S/C17H12BrN3O2S/c1-3-6-21-16(22)15(24-17(21)12(9-19)10-20)8-11-7-13(18)4-5-14(11)23-2/h3-5,7-8H,1,6H2,2H3. The molecule has 0 aliphatic rings. The molecule has 0 fully saturated rings. The maximum absolute atomic E-state index is 12.6. The van der Waals surface area contributed by atoms with E-state index in [9.17, 15) is 4.79 Å². The summed E-state index contributed by atoms with van der Waals surface area (Å²) in [5.41, 5.74) is 0.345. The first-order valence-corrected chi connectivity index (χ1v) is 8.37. The van der Waals surface area contributed by atoms with Gasteiger partial charge < -0.3 is 4.74 Å². The van der Waals surface area contributed by atoms with Gasteiger partial charge in [0.05, 0.1) is 11.6 Å². The summed E-state index contributed by atoms with van der Waals surface area (Å²) in [6, 6.07) is 9.11. The normalized spacial score (nSPS) is 10.8. The third-order valence-electron chi connectivity index (χ3n) is 3.14. The molecular formula is C17H12BrN3O2S. The van der Waals surface area contributed by atoms with Gasteiger partial charge in [0, 0.05) is 16.6 Å². The van der Waals surface area contributed by atoms with Gasteiger partial charge >= 0.3 is 0 Å². The van der Waals surface area contributed by atoms with Crippen LogP contribution in [-0.4, -0.2) is 11.7 Å². The molecule has 7 heteroatoms. The first kappa shape index (κ1) is 17.7. The highest BCUT2D eigenvalue weighted by Gasteiger charge is 2.09. The van der Waals surface area contributed by atoms with Crippen LogP contribution in [0.25, 0.3) is 11.6 Å². The average Bonchev–Trinajstić information content (AvgIpc) is 2.86. The third kappa shape index (κ3) is 3.48. The fourth-order valence-electron chi connectivity index (χ4n) is 2.08. The van der Waals surface area contributed by atoms with Gasteiger partial charge in [-0.3, -0.25) is 9.36 Å². The Morgan fingerprint density at radius 2 is 2.17 bits per heavy atom. The van der Waals surface area contributed by atoms with Crippen LogP contribution in [0.4, 0.5) is 0 Å². The van der Waals surface area contributed by atoms with Gasteiger partial charge in [-0.1, -0.05) is 22.0 Å². The van der Waals surface area contributed by atoms with E-state index in [0.717, 1.165) is 21.4 Å². The van der Waals surface area contributed by atoms with Gasteiger partial charge in [0.2, 0.25) is 0 Å². The summed E-state index contributed by atoms with van der Waals surface area (Å²) in [6.45, 7) is 3.84. The Hall–Kier alpha value is -2.61. The first-order chi connectivity index (χ1) is 11.5. The van der Waals surface area contributed by atoms with Crippen molar-refractivity contribution in [3.8, 4) is 17.9 Å². The van der Waals surface area contributed by atoms with Crippen molar-refractivity contribution in [2.24, 2.45) is 0 Å².